The van der Waals surface area contributed by atoms with Gasteiger partial charge in [-0.15, -0.1) is 0 Å². The van der Waals surface area contributed by atoms with Crippen LogP contribution in [0.15, 0.2) is 35.2 Å². The number of hydrogen-bond acceptors (Lipinski definition) is 4. The van der Waals surface area contributed by atoms with Crippen LogP contribution in [0.1, 0.15) is 43.5 Å². The second kappa shape index (κ2) is 5.94. The number of thiophene rings is 1. The molecule has 0 amide bonds. The molecule has 4 heteroatoms. The number of anilines is 1. The first-order chi connectivity index (χ1) is 9.78. The van der Waals surface area contributed by atoms with E-state index in [1.54, 1.807) is 11.3 Å². The van der Waals surface area contributed by atoms with Gasteiger partial charge in [0.2, 0.25) is 0 Å². The highest BCUT2D eigenvalue weighted by Crippen LogP contribution is 2.33. The SMILES string of the molecule is CC[C@H](O)c1ccc(N(Cc2ccsc2)C2CC2)cn1. The van der Waals surface area contributed by atoms with E-state index in [4.69, 9.17) is 0 Å². The number of pyridine rings is 1. The smallest absolute Gasteiger partial charge is 0.0957 e. The van der Waals surface area contributed by atoms with Crippen LogP contribution in [0.3, 0.4) is 0 Å². The van der Waals surface area contributed by atoms with E-state index in [-0.39, 0.29) is 0 Å². The molecular formula is C16H20N2OS. The Labute approximate surface area is 123 Å². The van der Waals surface area contributed by atoms with Gasteiger partial charge in [0.25, 0.3) is 0 Å². The van der Waals surface area contributed by atoms with Gasteiger partial charge in [0, 0.05) is 12.6 Å². The number of hydrogen-bond donors (Lipinski definition) is 1. The van der Waals surface area contributed by atoms with Gasteiger partial charge >= 0.3 is 0 Å². The lowest BCUT2D eigenvalue weighted by atomic mass is 10.2. The second-order valence-electron chi connectivity index (χ2n) is 5.36. The second-order valence-corrected chi connectivity index (χ2v) is 6.14. The van der Waals surface area contributed by atoms with Gasteiger partial charge in [0.1, 0.15) is 0 Å². The Bertz CT molecular complexity index is 534. The summed E-state index contributed by atoms with van der Waals surface area (Å²) in [6, 6.07) is 6.87. The van der Waals surface area contributed by atoms with Crippen molar-refractivity contribution in [3.05, 3.63) is 46.4 Å². The molecule has 20 heavy (non-hydrogen) atoms. The molecule has 1 aliphatic carbocycles. The third-order valence-electron chi connectivity index (χ3n) is 3.75. The van der Waals surface area contributed by atoms with Crippen LogP contribution in [0, 0.1) is 0 Å². The van der Waals surface area contributed by atoms with Crippen molar-refractivity contribution in [3.8, 4) is 0 Å². The fourth-order valence-electron chi connectivity index (χ4n) is 2.37. The molecule has 106 valence electrons. The van der Waals surface area contributed by atoms with Crippen molar-refractivity contribution in [2.45, 2.75) is 44.9 Å². The highest BCUT2D eigenvalue weighted by atomic mass is 32.1. The van der Waals surface area contributed by atoms with E-state index in [0.29, 0.717) is 12.5 Å². The van der Waals surface area contributed by atoms with Crippen molar-refractivity contribution in [2.24, 2.45) is 0 Å². The lowest BCUT2D eigenvalue weighted by Gasteiger charge is -2.24. The quantitative estimate of drug-likeness (QED) is 0.879. The largest absolute Gasteiger partial charge is 0.387 e. The van der Waals surface area contributed by atoms with Gasteiger partial charge in [-0.05, 0) is 53.8 Å². The molecule has 1 fully saturated rings. The average Bonchev–Trinajstić information content (AvgIpc) is 3.21. The third-order valence-corrected chi connectivity index (χ3v) is 4.48. The Morgan fingerprint density at radius 3 is 2.80 bits per heavy atom. The summed E-state index contributed by atoms with van der Waals surface area (Å²) in [5.41, 5.74) is 3.29. The molecule has 1 aliphatic rings. The van der Waals surface area contributed by atoms with Gasteiger partial charge in [-0.25, -0.2) is 0 Å². The van der Waals surface area contributed by atoms with Gasteiger partial charge < -0.3 is 10.0 Å². The van der Waals surface area contributed by atoms with Crippen molar-refractivity contribution in [3.63, 3.8) is 0 Å². The van der Waals surface area contributed by atoms with E-state index in [1.165, 1.54) is 18.4 Å². The van der Waals surface area contributed by atoms with Gasteiger partial charge in [0.15, 0.2) is 0 Å². The predicted molar refractivity (Wildman–Crippen MR) is 83.0 cm³/mol. The topological polar surface area (TPSA) is 36.4 Å². The van der Waals surface area contributed by atoms with E-state index in [2.05, 4.69) is 32.8 Å². The van der Waals surface area contributed by atoms with E-state index < -0.39 is 6.10 Å². The van der Waals surface area contributed by atoms with Crippen molar-refractivity contribution in [1.29, 1.82) is 0 Å². The molecule has 2 aromatic heterocycles. The summed E-state index contributed by atoms with van der Waals surface area (Å²) in [6.07, 6.45) is 4.69. The first-order valence-corrected chi connectivity index (χ1v) is 8.14. The molecule has 0 radical (unpaired) electrons. The van der Waals surface area contributed by atoms with Gasteiger partial charge in [-0.2, -0.15) is 11.3 Å². The molecule has 1 atom stereocenters. The molecule has 0 spiro atoms. The standard InChI is InChI=1S/C16H20N2OS/c1-2-16(19)15-6-5-14(9-17-15)18(13-3-4-13)10-12-7-8-20-11-12/h5-9,11,13,16,19H,2-4,10H2,1H3/t16-/m0/s1. The van der Waals surface area contributed by atoms with E-state index in [0.717, 1.165) is 17.9 Å². The van der Waals surface area contributed by atoms with Crippen LogP contribution < -0.4 is 4.90 Å². The number of aromatic nitrogens is 1. The minimum Gasteiger partial charge on any atom is -0.387 e. The van der Waals surface area contributed by atoms with Crippen molar-refractivity contribution >= 4 is 17.0 Å². The Balaban J connectivity index is 1.77. The zero-order valence-corrected chi connectivity index (χ0v) is 12.5. The first kappa shape index (κ1) is 13.6. The van der Waals surface area contributed by atoms with Crippen LogP contribution in [-0.4, -0.2) is 16.1 Å². The Morgan fingerprint density at radius 1 is 1.40 bits per heavy atom. The minimum atomic E-state index is -0.449. The zero-order valence-electron chi connectivity index (χ0n) is 11.7. The van der Waals surface area contributed by atoms with Crippen molar-refractivity contribution in [2.75, 3.05) is 4.90 Å². The fraction of sp³-hybridized carbons (Fsp3) is 0.438. The van der Waals surface area contributed by atoms with Crippen LogP contribution in [0.2, 0.25) is 0 Å². The molecular weight excluding hydrogens is 268 g/mol. The van der Waals surface area contributed by atoms with Crippen LogP contribution in [0.5, 0.6) is 0 Å². The molecule has 0 saturated heterocycles. The van der Waals surface area contributed by atoms with Crippen molar-refractivity contribution in [1.82, 2.24) is 4.98 Å². The molecule has 3 nitrogen and oxygen atoms in total. The molecule has 0 unspecified atom stereocenters. The summed E-state index contributed by atoms with van der Waals surface area (Å²) in [6.45, 7) is 2.92. The van der Waals surface area contributed by atoms with E-state index in [9.17, 15) is 5.11 Å². The predicted octanol–water partition coefficient (Wildman–Crippen LogP) is 3.76. The molecule has 2 aromatic rings. The maximum Gasteiger partial charge on any atom is 0.0957 e. The number of aliphatic hydroxyl groups excluding tert-OH is 1. The lowest BCUT2D eigenvalue weighted by molar-refractivity contribution is 0.169. The molecule has 1 saturated carbocycles. The molecule has 2 heterocycles. The van der Waals surface area contributed by atoms with Gasteiger partial charge in [0.05, 0.1) is 23.7 Å². The Hall–Kier alpha value is -1.39. The monoisotopic (exact) mass is 288 g/mol. The summed E-state index contributed by atoms with van der Waals surface area (Å²) in [4.78, 5) is 6.85. The molecule has 0 aromatic carbocycles. The summed E-state index contributed by atoms with van der Waals surface area (Å²) >= 11 is 1.74. The lowest BCUT2D eigenvalue weighted by Crippen LogP contribution is -2.24. The molecule has 0 bridgehead atoms. The third kappa shape index (κ3) is 3.02. The van der Waals surface area contributed by atoms with Crippen LogP contribution >= 0.6 is 11.3 Å². The minimum absolute atomic E-state index is 0.449. The van der Waals surface area contributed by atoms with Gasteiger partial charge in [-0.1, -0.05) is 6.92 Å². The number of aliphatic hydroxyl groups is 1. The molecule has 3 rings (SSSR count). The number of rotatable bonds is 6. The first-order valence-electron chi connectivity index (χ1n) is 7.19. The Kier molecular flexibility index (Phi) is 4.03. The molecule has 1 N–H and O–H groups in total. The maximum atomic E-state index is 9.81. The van der Waals surface area contributed by atoms with E-state index in [1.807, 2.05) is 19.2 Å². The molecule has 0 aliphatic heterocycles. The van der Waals surface area contributed by atoms with Gasteiger partial charge in [-0.3, -0.25) is 4.98 Å². The zero-order chi connectivity index (χ0) is 13.9. The van der Waals surface area contributed by atoms with E-state index >= 15 is 0 Å². The summed E-state index contributed by atoms with van der Waals surface area (Å²) in [5.74, 6) is 0. The number of nitrogens with zero attached hydrogens (tertiary/aromatic N) is 2. The average molecular weight is 288 g/mol. The summed E-state index contributed by atoms with van der Waals surface area (Å²) < 4.78 is 0. The fourth-order valence-corrected chi connectivity index (χ4v) is 3.03. The maximum absolute atomic E-state index is 9.81. The van der Waals surface area contributed by atoms with Crippen LogP contribution in [-0.2, 0) is 6.54 Å². The van der Waals surface area contributed by atoms with Crippen LogP contribution in [0.25, 0.3) is 0 Å². The van der Waals surface area contributed by atoms with Crippen molar-refractivity contribution < 1.29 is 5.11 Å². The summed E-state index contributed by atoms with van der Waals surface area (Å²) in [7, 11) is 0. The summed E-state index contributed by atoms with van der Waals surface area (Å²) in [5, 5.41) is 14.1. The van der Waals surface area contributed by atoms with Crippen LogP contribution in [0.4, 0.5) is 5.69 Å². The highest BCUT2D eigenvalue weighted by molar-refractivity contribution is 7.07. The Morgan fingerprint density at radius 2 is 2.25 bits per heavy atom. The normalized spacial score (nSPS) is 16.1. The highest BCUT2D eigenvalue weighted by Gasteiger charge is 2.29.